The topological polar surface area (TPSA) is 35.6 Å². The average Bonchev–Trinajstić information content (AvgIpc) is 3.01. The molecular formula is C15H21ClIN3O. The standard InChI is InChI=1S/C15H20IN3O.ClH/c16-14-4-2-1-3-13(14)15(20)19-9-7-18(8-10-19)12-5-6-17-11-12;/h1-4,12,17H,5-11H2;1H. The predicted molar refractivity (Wildman–Crippen MR) is 95.2 cm³/mol. The number of carbonyl (C=O) groups excluding carboxylic acids is 1. The number of amides is 1. The predicted octanol–water partition coefficient (Wildman–Crippen LogP) is 1.83. The molecule has 2 aliphatic rings. The van der Waals surface area contributed by atoms with Gasteiger partial charge in [-0.05, 0) is 47.7 Å². The third kappa shape index (κ3) is 3.88. The highest BCUT2D eigenvalue weighted by Gasteiger charge is 2.28. The Morgan fingerprint density at radius 1 is 1.19 bits per heavy atom. The zero-order valence-electron chi connectivity index (χ0n) is 11.9. The van der Waals surface area contributed by atoms with Gasteiger partial charge in [0.05, 0.1) is 5.56 Å². The van der Waals surface area contributed by atoms with Crippen molar-refractivity contribution in [3.8, 4) is 0 Å². The first-order chi connectivity index (χ1) is 9.75. The van der Waals surface area contributed by atoms with Crippen LogP contribution < -0.4 is 5.32 Å². The Morgan fingerprint density at radius 3 is 2.52 bits per heavy atom. The molecule has 1 aromatic carbocycles. The first-order valence-electron chi connectivity index (χ1n) is 7.24. The van der Waals surface area contributed by atoms with E-state index in [1.807, 2.05) is 29.2 Å². The second kappa shape index (κ2) is 7.76. The van der Waals surface area contributed by atoms with Gasteiger partial charge in [0.15, 0.2) is 0 Å². The summed E-state index contributed by atoms with van der Waals surface area (Å²) >= 11 is 2.24. The highest BCUT2D eigenvalue weighted by Crippen LogP contribution is 2.17. The SMILES string of the molecule is Cl.O=C(c1ccccc1I)N1CCN(C2CCNC2)CC1. The van der Waals surface area contributed by atoms with Gasteiger partial charge in [-0.3, -0.25) is 9.69 Å². The fourth-order valence-corrected chi connectivity index (χ4v) is 3.66. The normalized spacial score (nSPS) is 22.9. The van der Waals surface area contributed by atoms with E-state index in [2.05, 4.69) is 32.8 Å². The Hall–Kier alpha value is -0.370. The fourth-order valence-electron chi connectivity index (χ4n) is 3.05. The summed E-state index contributed by atoms with van der Waals surface area (Å²) in [4.78, 5) is 17.1. The average molecular weight is 422 g/mol. The molecule has 0 aliphatic carbocycles. The molecule has 0 radical (unpaired) electrons. The molecule has 3 rings (SSSR count). The van der Waals surface area contributed by atoms with Crippen LogP contribution in [-0.4, -0.2) is 61.0 Å². The molecule has 2 aliphatic heterocycles. The largest absolute Gasteiger partial charge is 0.336 e. The van der Waals surface area contributed by atoms with Gasteiger partial charge in [-0.15, -0.1) is 12.4 Å². The molecule has 1 atom stereocenters. The van der Waals surface area contributed by atoms with Crippen LogP contribution in [0.2, 0.25) is 0 Å². The first kappa shape index (κ1) is 17.0. The van der Waals surface area contributed by atoms with Gasteiger partial charge in [0.1, 0.15) is 0 Å². The molecule has 1 aromatic rings. The molecule has 0 aromatic heterocycles. The highest BCUT2D eigenvalue weighted by molar-refractivity contribution is 14.1. The highest BCUT2D eigenvalue weighted by atomic mass is 127. The molecule has 21 heavy (non-hydrogen) atoms. The Balaban J connectivity index is 0.00000161. The van der Waals surface area contributed by atoms with Gasteiger partial charge < -0.3 is 10.2 Å². The molecule has 0 saturated carbocycles. The van der Waals surface area contributed by atoms with Gasteiger partial charge in [0, 0.05) is 42.3 Å². The Labute approximate surface area is 145 Å². The van der Waals surface area contributed by atoms with Crippen LogP contribution in [0.5, 0.6) is 0 Å². The summed E-state index contributed by atoms with van der Waals surface area (Å²) in [7, 11) is 0. The van der Waals surface area contributed by atoms with Crippen LogP contribution in [0.1, 0.15) is 16.8 Å². The van der Waals surface area contributed by atoms with E-state index in [9.17, 15) is 4.79 Å². The van der Waals surface area contributed by atoms with Crippen molar-refractivity contribution < 1.29 is 4.79 Å². The van der Waals surface area contributed by atoms with E-state index in [0.717, 1.165) is 48.4 Å². The summed E-state index contributed by atoms with van der Waals surface area (Å²) in [5.74, 6) is 0.180. The number of carbonyl (C=O) groups is 1. The van der Waals surface area contributed by atoms with Crippen molar-refractivity contribution in [3.63, 3.8) is 0 Å². The van der Waals surface area contributed by atoms with Crippen molar-refractivity contribution in [2.45, 2.75) is 12.5 Å². The Bertz CT molecular complexity index is 486. The summed E-state index contributed by atoms with van der Waals surface area (Å²) in [5.41, 5.74) is 0.837. The number of hydrogen-bond acceptors (Lipinski definition) is 3. The molecule has 0 bridgehead atoms. The quantitative estimate of drug-likeness (QED) is 0.740. The summed E-state index contributed by atoms with van der Waals surface area (Å²) in [6.45, 7) is 5.93. The van der Waals surface area contributed by atoms with Crippen molar-refractivity contribution in [2.75, 3.05) is 39.3 Å². The summed E-state index contributed by atoms with van der Waals surface area (Å²) in [6, 6.07) is 8.51. The van der Waals surface area contributed by atoms with Gasteiger partial charge in [-0.1, -0.05) is 12.1 Å². The van der Waals surface area contributed by atoms with Crippen molar-refractivity contribution in [3.05, 3.63) is 33.4 Å². The fraction of sp³-hybridized carbons (Fsp3) is 0.533. The second-order valence-electron chi connectivity index (χ2n) is 5.45. The summed E-state index contributed by atoms with van der Waals surface area (Å²) in [5, 5.41) is 3.41. The third-order valence-corrected chi connectivity index (χ3v) is 5.20. The van der Waals surface area contributed by atoms with Crippen LogP contribution >= 0.6 is 35.0 Å². The summed E-state index contributed by atoms with van der Waals surface area (Å²) < 4.78 is 1.04. The molecule has 2 saturated heterocycles. The van der Waals surface area contributed by atoms with Gasteiger partial charge in [0.2, 0.25) is 0 Å². The van der Waals surface area contributed by atoms with Crippen molar-refractivity contribution in [1.82, 2.24) is 15.1 Å². The second-order valence-corrected chi connectivity index (χ2v) is 6.62. The number of halogens is 2. The zero-order chi connectivity index (χ0) is 13.9. The number of nitrogens with one attached hydrogen (secondary N) is 1. The minimum absolute atomic E-state index is 0. The number of piperazine rings is 1. The molecule has 2 heterocycles. The van der Waals surface area contributed by atoms with Crippen LogP contribution in [0.3, 0.4) is 0 Å². The molecule has 1 unspecified atom stereocenters. The molecule has 4 nitrogen and oxygen atoms in total. The lowest BCUT2D eigenvalue weighted by molar-refractivity contribution is 0.0583. The van der Waals surface area contributed by atoms with Crippen LogP contribution in [-0.2, 0) is 0 Å². The van der Waals surface area contributed by atoms with Crippen LogP contribution in [0, 0.1) is 3.57 Å². The molecular weight excluding hydrogens is 401 g/mol. The van der Waals surface area contributed by atoms with Crippen LogP contribution in [0.15, 0.2) is 24.3 Å². The van der Waals surface area contributed by atoms with E-state index in [0.29, 0.717) is 6.04 Å². The van der Waals surface area contributed by atoms with Gasteiger partial charge in [-0.25, -0.2) is 0 Å². The van der Waals surface area contributed by atoms with E-state index in [-0.39, 0.29) is 18.3 Å². The molecule has 0 spiro atoms. The Kier molecular flexibility index (Phi) is 6.28. The monoisotopic (exact) mass is 421 g/mol. The zero-order valence-corrected chi connectivity index (χ0v) is 14.9. The number of hydrogen-bond donors (Lipinski definition) is 1. The lowest BCUT2D eigenvalue weighted by atomic mass is 10.1. The third-order valence-electron chi connectivity index (χ3n) is 4.26. The van der Waals surface area contributed by atoms with Crippen molar-refractivity contribution in [1.29, 1.82) is 0 Å². The lowest BCUT2D eigenvalue weighted by Crippen LogP contribution is -2.52. The van der Waals surface area contributed by atoms with Crippen LogP contribution in [0.25, 0.3) is 0 Å². The van der Waals surface area contributed by atoms with Gasteiger partial charge in [-0.2, -0.15) is 0 Å². The molecule has 1 N–H and O–H groups in total. The molecule has 116 valence electrons. The van der Waals surface area contributed by atoms with Crippen LogP contribution in [0.4, 0.5) is 0 Å². The maximum atomic E-state index is 12.5. The first-order valence-corrected chi connectivity index (χ1v) is 8.32. The van der Waals surface area contributed by atoms with Crippen molar-refractivity contribution >= 4 is 40.9 Å². The maximum absolute atomic E-state index is 12.5. The van der Waals surface area contributed by atoms with Gasteiger partial charge >= 0.3 is 0 Å². The molecule has 1 amide bonds. The number of nitrogens with zero attached hydrogens (tertiary/aromatic N) is 2. The minimum atomic E-state index is 0. The lowest BCUT2D eigenvalue weighted by Gasteiger charge is -2.37. The van der Waals surface area contributed by atoms with E-state index >= 15 is 0 Å². The Morgan fingerprint density at radius 2 is 1.90 bits per heavy atom. The molecule has 6 heteroatoms. The minimum Gasteiger partial charge on any atom is -0.336 e. The summed E-state index contributed by atoms with van der Waals surface area (Å²) in [6.07, 6.45) is 1.24. The van der Waals surface area contributed by atoms with E-state index in [1.165, 1.54) is 6.42 Å². The van der Waals surface area contributed by atoms with Crippen molar-refractivity contribution in [2.24, 2.45) is 0 Å². The maximum Gasteiger partial charge on any atom is 0.255 e. The number of rotatable bonds is 2. The van der Waals surface area contributed by atoms with E-state index in [4.69, 9.17) is 0 Å². The number of benzene rings is 1. The van der Waals surface area contributed by atoms with Gasteiger partial charge in [0.25, 0.3) is 5.91 Å². The van der Waals surface area contributed by atoms with E-state index in [1.54, 1.807) is 0 Å². The molecule has 2 fully saturated rings. The van der Waals surface area contributed by atoms with E-state index < -0.39 is 0 Å². The smallest absolute Gasteiger partial charge is 0.255 e.